The molecule has 0 aliphatic heterocycles. The number of carbonyl (C=O) groups is 1. The molecule has 23 heavy (non-hydrogen) atoms. The van der Waals surface area contributed by atoms with Crippen molar-refractivity contribution in [2.75, 3.05) is 0 Å². The first-order chi connectivity index (χ1) is 10.2. The molecule has 136 valence electrons. The van der Waals surface area contributed by atoms with Crippen molar-refractivity contribution in [2.45, 2.75) is 68.5 Å². The topological polar surface area (TPSA) is 29.1 Å². The van der Waals surface area contributed by atoms with Gasteiger partial charge in [-0.15, -0.1) is 0 Å². The lowest BCUT2D eigenvalue weighted by molar-refractivity contribution is -0.388. The fourth-order valence-electron chi connectivity index (χ4n) is 2.22. The van der Waals surface area contributed by atoms with E-state index in [0.29, 0.717) is 25.7 Å². The molecule has 2 nitrogen and oxygen atoms in total. The zero-order valence-corrected chi connectivity index (χ0v) is 11.6. The molecule has 1 rings (SSSR count). The highest BCUT2D eigenvalue weighted by Gasteiger charge is 2.83. The Balaban J connectivity index is 2.96. The Labute approximate surface area is 125 Å². The van der Waals surface area contributed by atoms with Crippen LogP contribution in [0.3, 0.4) is 0 Å². The second kappa shape index (κ2) is 6.39. The number of alkyl halides is 9. The third-order valence-electron chi connectivity index (χ3n) is 3.62. The average Bonchev–Trinajstić information content (AvgIpc) is 2.65. The van der Waals surface area contributed by atoms with Crippen LogP contribution < -0.4 is 5.32 Å². The van der Waals surface area contributed by atoms with E-state index in [2.05, 4.69) is 0 Å². The summed E-state index contributed by atoms with van der Waals surface area (Å²) in [6.45, 7) is 0. The van der Waals surface area contributed by atoms with Gasteiger partial charge in [0.25, 0.3) is 5.91 Å². The molecule has 1 saturated carbocycles. The maximum atomic E-state index is 13.3. The van der Waals surface area contributed by atoms with Crippen molar-refractivity contribution in [3.8, 4) is 0 Å². The second-order valence-electron chi connectivity index (χ2n) is 5.38. The SMILES string of the molecule is O=C(NC1CCCCCC1)C(F)(F)C(F)(F)C(F)(F)C(F)(F)F. The van der Waals surface area contributed by atoms with Crippen LogP contribution in [0.15, 0.2) is 0 Å². The van der Waals surface area contributed by atoms with Crippen molar-refractivity contribution in [1.29, 1.82) is 0 Å². The molecule has 0 bridgehead atoms. The Morgan fingerprint density at radius 2 is 1.17 bits per heavy atom. The maximum Gasteiger partial charge on any atom is 0.460 e. The highest BCUT2D eigenvalue weighted by atomic mass is 19.4. The summed E-state index contributed by atoms with van der Waals surface area (Å²) in [4.78, 5) is 11.2. The first kappa shape index (κ1) is 19.9. The summed E-state index contributed by atoms with van der Waals surface area (Å²) in [6, 6.07) is -0.966. The molecule has 1 N–H and O–H groups in total. The number of carbonyl (C=O) groups excluding carboxylic acids is 1. The molecule has 0 spiro atoms. The van der Waals surface area contributed by atoms with Crippen molar-refractivity contribution in [2.24, 2.45) is 0 Å². The Morgan fingerprint density at radius 1 is 0.739 bits per heavy atom. The molecule has 0 atom stereocenters. The Bertz CT molecular complexity index is 425. The van der Waals surface area contributed by atoms with Gasteiger partial charge >= 0.3 is 23.9 Å². The third-order valence-corrected chi connectivity index (χ3v) is 3.62. The Kier molecular flexibility index (Phi) is 5.52. The molecule has 0 aromatic carbocycles. The summed E-state index contributed by atoms with van der Waals surface area (Å²) in [5.74, 6) is -23.0. The molecule has 1 fully saturated rings. The van der Waals surface area contributed by atoms with E-state index in [1.807, 2.05) is 0 Å². The van der Waals surface area contributed by atoms with E-state index < -0.39 is 35.9 Å². The predicted molar refractivity (Wildman–Crippen MR) is 60.5 cm³/mol. The van der Waals surface area contributed by atoms with Crippen LogP contribution in [0.1, 0.15) is 38.5 Å². The molecule has 1 amide bonds. The van der Waals surface area contributed by atoms with Crippen LogP contribution >= 0.6 is 0 Å². The van der Waals surface area contributed by atoms with Crippen LogP contribution in [0.25, 0.3) is 0 Å². The lowest BCUT2D eigenvalue weighted by atomic mass is 10.0. The smallest absolute Gasteiger partial charge is 0.348 e. The molecule has 1 aliphatic rings. The number of hydrogen-bond donors (Lipinski definition) is 1. The van der Waals surface area contributed by atoms with E-state index in [1.165, 1.54) is 5.32 Å². The summed E-state index contributed by atoms with van der Waals surface area (Å²) in [6.07, 6.45) is -4.21. The molecular formula is C12H14F9NO. The number of hydrogen-bond acceptors (Lipinski definition) is 1. The summed E-state index contributed by atoms with van der Waals surface area (Å²) < 4.78 is 114. The minimum atomic E-state index is -7.05. The van der Waals surface area contributed by atoms with Crippen molar-refractivity contribution in [1.82, 2.24) is 5.32 Å². The van der Waals surface area contributed by atoms with Crippen molar-refractivity contribution in [3.63, 3.8) is 0 Å². The quantitative estimate of drug-likeness (QED) is 0.589. The van der Waals surface area contributed by atoms with Crippen molar-refractivity contribution < 1.29 is 44.3 Å². The van der Waals surface area contributed by atoms with Gasteiger partial charge in [0.15, 0.2) is 0 Å². The molecule has 0 aromatic heterocycles. The Hall–Kier alpha value is -1.16. The average molecular weight is 359 g/mol. The van der Waals surface area contributed by atoms with Gasteiger partial charge in [-0.25, -0.2) is 0 Å². The van der Waals surface area contributed by atoms with Crippen LogP contribution in [-0.4, -0.2) is 35.9 Å². The van der Waals surface area contributed by atoms with Crippen molar-refractivity contribution >= 4 is 5.91 Å². The van der Waals surface area contributed by atoms with Gasteiger partial charge in [0.2, 0.25) is 0 Å². The minimum Gasteiger partial charge on any atom is -0.348 e. The fraction of sp³-hybridized carbons (Fsp3) is 0.917. The van der Waals surface area contributed by atoms with Gasteiger partial charge in [-0.2, -0.15) is 39.5 Å². The fourth-order valence-corrected chi connectivity index (χ4v) is 2.22. The second-order valence-corrected chi connectivity index (χ2v) is 5.38. The molecule has 1 aliphatic carbocycles. The van der Waals surface area contributed by atoms with Crippen LogP contribution in [0, 0.1) is 0 Å². The van der Waals surface area contributed by atoms with E-state index in [9.17, 15) is 44.3 Å². The van der Waals surface area contributed by atoms with E-state index in [1.54, 1.807) is 0 Å². The van der Waals surface area contributed by atoms with Crippen LogP contribution in [0.2, 0.25) is 0 Å². The van der Waals surface area contributed by atoms with Crippen LogP contribution in [0.5, 0.6) is 0 Å². The predicted octanol–water partition coefficient (Wildman–Crippen LogP) is 4.29. The molecule has 0 saturated heterocycles. The molecule has 0 heterocycles. The summed E-state index contributed by atoms with van der Waals surface area (Å²) in [5, 5.41) is 1.46. The lowest BCUT2D eigenvalue weighted by Gasteiger charge is -2.33. The van der Waals surface area contributed by atoms with E-state index in [0.717, 1.165) is 0 Å². The van der Waals surface area contributed by atoms with E-state index in [-0.39, 0.29) is 12.8 Å². The monoisotopic (exact) mass is 359 g/mol. The standard InChI is InChI=1S/C12H14F9NO/c13-9(14,10(15,16)11(17,18)12(19,20)21)8(23)22-7-5-3-1-2-4-6-7/h7H,1-6H2,(H,22,23). The zero-order valence-electron chi connectivity index (χ0n) is 11.6. The summed E-state index contributed by atoms with van der Waals surface area (Å²) in [7, 11) is 0. The minimum absolute atomic E-state index is 0.156. The number of amides is 1. The molecule has 0 aromatic rings. The van der Waals surface area contributed by atoms with E-state index in [4.69, 9.17) is 0 Å². The molecule has 0 unspecified atom stereocenters. The van der Waals surface area contributed by atoms with Gasteiger partial charge < -0.3 is 5.32 Å². The van der Waals surface area contributed by atoms with Gasteiger partial charge in [-0.05, 0) is 12.8 Å². The van der Waals surface area contributed by atoms with Gasteiger partial charge in [-0.1, -0.05) is 25.7 Å². The summed E-state index contributed by atoms with van der Waals surface area (Å²) >= 11 is 0. The number of halogens is 9. The third kappa shape index (κ3) is 3.68. The van der Waals surface area contributed by atoms with Crippen LogP contribution in [-0.2, 0) is 4.79 Å². The van der Waals surface area contributed by atoms with Gasteiger partial charge in [-0.3, -0.25) is 4.79 Å². The van der Waals surface area contributed by atoms with Gasteiger partial charge in [0.1, 0.15) is 0 Å². The highest BCUT2D eigenvalue weighted by molar-refractivity contribution is 5.85. The highest BCUT2D eigenvalue weighted by Crippen LogP contribution is 2.53. The normalized spacial score (nSPS) is 19.3. The Morgan fingerprint density at radius 3 is 1.57 bits per heavy atom. The molecule has 0 radical (unpaired) electrons. The van der Waals surface area contributed by atoms with E-state index >= 15 is 0 Å². The summed E-state index contributed by atoms with van der Waals surface area (Å²) in [5.41, 5.74) is 0. The zero-order chi connectivity index (χ0) is 18.1. The number of nitrogens with one attached hydrogen (secondary N) is 1. The lowest BCUT2D eigenvalue weighted by Crippen LogP contribution is -2.65. The van der Waals surface area contributed by atoms with Crippen molar-refractivity contribution in [3.05, 3.63) is 0 Å². The number of rotatable bonds is 4. The maximum absolute atomic E-state index is 13.3. The van der Waals surface area contributed by atoms with Crippen LogP contribution in [0.4, 0.5) is 39.5 Å². The first-order valence-electron chi connectivity index (χ1n) is 6.76. The largest absolute Gasteiger partial charge is 0.460 e. The molecular weight excluding hydrogens is 345 g/mol. The molecule has 11 heteroatoms. The van der Waals surface area contributed by atoms with Gasteiger partial charge in [0, 0.05) is 6.04 Å². The van der Waals surface area contributed by atoms with Gasteiger partial charge in [0.05, 0.1) is 0 Å². The first-order valence-corrected chi connectivity index (χ1v) is 6.76.